The van der Waals surface area contributed by atoms with Crippen LogP contribution in [0.2, 0.25) is 0 Å². The molecule has 0 aliphatic carbocycles. The molecule has 0 spiro atoms. The second-order valence-electron chi connectivity index (χ2n) is 5.08. The van der Waals surface area contributed by atoms with E-state index in [0.29, 0.717) is 0 Å². The average molecular weight is 327 g/mol. The molecule has 120 valence electrons. The van der Waals surface area contributed by atoms with E-state index in [9.17, 15) is 18.0 Å². The van der Waals surface area contributed by atoms with Crippen molar-refractivity contribution >= 4 is 18.3 Å². The molecular weight excluding hydrogens is 309 g/mol. The van der Waals surface area contributed by atoms with E-state index in [1.54, 1.807) is 13.8 Å². The molecule has 1 rings (SSSR count). The summed E-state index contributed by atoms with van der Waals surface area (Å²) in [6.07, 6.45) is -4.39. The maximum absolute atomic E-state index is 12.3. The summed E-state index contributed by atoms with van der Waals surface area (Å²) in [5, 5.41) is 2.56. The molecular formula is C13H18ClF3N2O2. The van der Waals surface area contributed by atoms with E-state index in [0.717, 1.165) is 12.1 Å². The monoisotopic (exact) mass is 326 g/mol. The maximum Gasteiger partial charge on any atom is 0.416 e. The molecule has 0 unspecified atom stereocenters. The van der Waals surface area contributed by atoms with Gasteiger partial charge in [-0.2, -0.15) is 13.2 Å². The topological polar surface area (TPSA) is 64.3 Å². The van der Waals surface area contributed by atoms with Crippen LogP contribution < -0.4 is 15.8 Å². The highest BCUT2D eigenvalue weighted by Gasteiger charge is 2.30. The number of nitrogens with two attached hydrogens (primary N) is 1. The largest absolute Gasteiger partial charge is 0.484 e. The average Bonchev–Trinajstić information content (AvgIpc) is 2.32. The van der Waals surface area contributed by atoms with Gasteiger partial charge in [-0.25, -0.2) is 0 Å². The van der Waals surface area contributed by atoms with Gasteiger partial charge in [0.2, 0.25) is 0 Å². The first kappa shape index (κ1) is 19.5. The molecule has 0 radical (unpaired) electrons. The van der Waals surface area contributed by atoms with Gasteiger partial charge in [-0.15, -0.1) is 12.4 Å². The molecule has 1 aromatic rings. The van der Waals surface area contributed by atoms with Crippen LogP contribution in [-0.2, 0) is 11.0 Å². The SMILES string of the molecule is CC(C)(N)CNC(=O)COc1ccc(C(F)(F)F)cc1.Cl. The number of carbonyl (C=O) groups is 1. The molecule has 8 heteroatoms. The minimum absolute atomic E-state index is 0. The van der Waals surface area contributed by atoms with Gasteiger partial charge >= 0.3 is 6.18 Å². The predicted octanol–water partition coefficient (Wildman–Crippen LogP) is 2.36. The lowest BCUT2D eigenvalue weighted by molar-refractivity contribution is -0.137. The Morgan fingerprint density at radius 3 is 2.19 bits per heavy atom. The Hall–Kier alpha value is -1.47. The minimum Gasteiger partial charge on any atom is -0.484 e. The third-order valence-electron chi connectivity index (χ3n) is 2.29. The number of hydrogen-bond donors (Lipinski definition) is 2. The van der Waals surface area contributed by atoms with Crippen molar-refractivity contribution in [2.24, 2.45) is 5.73 Å². The molecule has 0 heterocycles. The number of ether oxygens (including phenoxy) is 1. The van der Waals surface area contributed by atoms with Crippen molar-refractivity contribution in [1.29, 1.82) is 0 Å². The van der Waals surface area contributed by atoms with Crippen molar-refractivity contribution in [1.82, 2.24) is 5.32 Å². The number of halogens is 4. The number of rotatable bonds is 5. The van der Waals surface area contributed by atoms with Crippen LogP contribution >= 0.6 is 12.4 Å². The van der Waals surface area contributed by atoms with Crippen LogP contribution in [0, 0.1) is 0 Å². The summed E-state index contributed by atoms with van der Waals surface area (Å²) >= 11 is 0. The zero-order valence-electron chi connectivity index (χ0n) is 11.7. The molecule has 4 nitrogen and oxygen atoms in total. The number of hydrogen-bond acceptors (Lipinski definition) is 3. The smallest absolute Gasteiger partial charge is 0.416 e. The Kier molecular flexibility index (Phi) is 6.99. The van der Waals surface area contributed by atoms with Gasteiger partial charge in [0.25, 0.3) is 5.91 Å². The molecule has 0 saturated carbocycles. The van der Waals surface area contributed by atoms with Gasteiger partial charge in [-0.05, 0) is 38.1 Å². The Balaban J connectivity index is 0.00000400. The number of nitrogens with one attached hydrogen (secondary N) is 1. The summed E-state index contributed by atoms with van der Waals surface area (Å²) in [6, 6.07) is 4.14. The fraction of sp³-hybridized carbons (Fsp3) is 0.462. The first-order valence-electron chi connectivity index (χ1n) is 5.93. The Morgan fingerprint density at radius 1 is 1.24 bits per heavy atom. The van der Waals surface area contributed by atoms with Gasteiger partial charge in [0, 0.05) is 12.1 Å². The van der Waals surface area contributed by atoms with Crippen LogP contribution in [0.25, 0.3) is 0 Å². The van der Waals surface area contributed by atoms with Crippen molar-refractivity contribution in [3.05, 3.63) is 29.8 Å². The van der Waals surface area contributed by atoms with Crippen LogP contribution in [0.15, 0.2) is 24.3 Å². The van der Waals surface area contributed by atoms with Crippen LogP contribution in [0.4, 0.5) is 13.2 Å². The second kappa shape index (κ2) is 7.51. The van der Waals surface area contributed by atoms with Crippen molar-refractivity contribution in [2.45, 2.75) is 25.6 Å². The number of carbonyl (C=O) groups excluding carboxylic acids is 1. The van der Waals surface area contributed by atoms with Gasteiger partial charge in [0.05, 0.1) is 5.56 Å². The van der Waals surface area contributed by atoms with Crippen molar-refractivity contribution in [3.63, 3.8) is 0 Å². The number of alkyl halides is 3. The summed E-state index contributed by atoms with van der Waals surface area (Å²) in [6.45, 7) is 3.51. The zero-order valence-corrected chi connectivity index (χ0v) is 12.5. The molecule has 0 saturated heterocycles. The van der Waals surface area contributed by atoms with E-state index in [1.807, 2.05) is 0 Å². The third-order valence-corrected chi connectivity index (χ3v) is 2.29. The normalized spacial score (nSPS) is 11.5. The fourth-order valence-electron chi connectivity index (χ4n) is 1.27. The quantitative estimate of drug-likeness (QED) is 0.873. The molecule has 0 fully saturated rings. The highest BCUT2D eigenvalue weighted by molar-refractivity contribution is 5.85. The molecule has 1 aromatic carbocycles. The number of amides is 1. The van der Waals surface area contributed by atoms with Crippen molar-refractivity contribution in [3.8, 4) is 5.75 Å². The van der Waals surface area contributed by atoms with E-state index in [-0.39, 0.29) is 37.2 Å². The summed E-state index contributed by atoms with van der Waals surface area (Å²) in [5.74, 6) is -0.191. The highest BCUT2D eigenvalue weighted by Crippen LogP contribution is 2.30. The Morgan fingerprint density at radius 2 is 1.76 bits per heavy atom. The third kappa shape index (κ3) is 7.77. The standard InChI is InChI=1S/C13H17F3N2O2.ClH/c1-12(2,17)8-18-11(19)7-20-10-5-3-9(4-6-10)13(14,15)16;/h3-6H,7-8,17H2,1-2H3,(H,18,19);1H. The molecule has 0 atom stereocenters. The molecule has 0 aliphatic heterocycles. The molecule has 21 heavy (non-hydrogen) atoms. The first-order valence-corrected chi connectivity index (χ1v) is 5.93. The van der Waals surface area contributed by atoms with Gasteiger partial charge < -0.3 is 15.8 Å². The van der Waals surface area contributed by atoms with Crippen molar-refractivity contribution < 1.29 is 22.7 Å². The van der Waals surface area contributed by atoms with E-state index < -0.39 is 17.3 Å². The van der Waals surface area contributed by atoms with Crippen LogP contribution in [0.1, 0.15) is 19.4 Å². The van der Waals surface area contributed by atoms with E-state index in [4.69, 9.17) is 10.5 Å². The Labute approximate surface area is 127 Å². The van der Waals surface area contributed by atoms with Crippen molar-refractivity contribution in [2.75, 3.05) is 13.2 Å². The van der Waals surface area contributed by atoms with E-state index >= 15 is 0 Å². The lowest BCUT2D eigenvalue weighted by Crippen LogP contribution is -2.46. The van der Waals surface area contributed by atoms with Crippen LogP contribution in [0.5, 0.6) is 5.75 Å². The molecule has 0 bridgehead atoms. The van der Waals surface area contributed by atoms with Gasteiger partial charge in [0.1, 0.15) is 5.75 Å². The zero-order chi connectivity index (χ0) is 15.4. The van der Waals surface area contributed by atoms with Crippen LogP contribution in [0.3, 0.4) is 0 Å². The molecule has 1 amide bonds. The van der Waals surface area contributed by atoms with Gasteiger partial charge in [0.15, 0.2) is 6.61 Å². The van der Waals surface area contributed by atoms with Gasteiger partial charge in [-0.1, -0.05) is 0 Å². The Bertz CT molecular complexity index is 456. The molecule has 0 aliphatic rings. The fourth-order valence-corrected chi connectivity index (χ4v) is 1.27. The van der Waals surface area contributed by atoms with Crippen LogP contribution in [-0.4, -0.2) is 24.6 Å². The van der Waals surface area contributed by atoms with E-state index in [1.165, 1.54) is 12.1 Å². The minimum atomic E-state index is -4.39. The summed E-state index contributed by atoms with van der Waals surface area (Å²) in [7, 11) is 0. The summed E-state index contributed by atoms with van der Waals surface area (Å²) in [4.78, 5) is 11.4. The van der Waals surface area contributed by atoms with Gasteiger partial charge in [-0.3, -0.25) is 4.79 Å². The number of benzene rings is 1. The summed E-state index contributed by atoms with van der Waals surface area (Å²) in [5.41, 5.74) is 4.38. The first-order chi connectivity index (χ1) is 9.08. The van der Waals surface area contributed by atoms with E-state index in [2.05, 4.69) is 5.32 Å². The molecule has 3 N–H and O–H groups in total. The predicted molar refractivity (Wildman–Crippen MR) is 75.5 cm³/mol. The molecule has 0 aromatic heterocycles. The lowest BCUT2D eigenvalue weighted by Gasteiger charge is -2.18. The summed E-state index contributed by atoms with van der Waals surface area (Å²) < 4.78 is 42.1. The highest BCUT2D eigenvalue weighted by atomic mass is 35.5. The second-order valence-corrected chi connectivity index (χ2v) is 5.08. The maximum atomic E-state index is 12.3. The lowest BCUT2D eigenvalue weighted by atomic mass is 10.1.